The molecule has 0 aliphatic carbocycles. The standard InChI is InChI=1S/C15H17NO3/c1-11-8-13(10-18)9-15(16-11)19-14-4-2-12(3-5-14)6-7-17/h2-5,8-9,17-18H,6-7,10H2,1H3. The summed E-state index contributed by atoms with van der Waals surface area (Å²) in [5.74, 6) is 1.16. The molecule has 0 bridgehead atoms. The molecule has 0 saturated heterocycles. The van der Waals surface area contributed by atoms with Gasteiger partial charge in [0, 0.05) is 18.4 Å². The summed E-state index contributed by atoms with van der Waals surface area (Å²) < 4.78 is 5.65. The number of benzene rings is 1. The number of hydrogen-bond acceptors (Lipinski definition) is 4. The normalized spacial score (nSPS) is 10.5. The van der Waals surface area contributed by atoms with Crippen molar-refractivity contribution < 1.29 is 14.9 Å². The van der Waals surface area contributed by atoms with Crippen molar-refractivity contribution in [3.63, 3.8) is 0 Å². The van der Waals surface area contributed by atoms with Crippen molar-refractivity contribution in [3.8, 4) is 11.6 Å². The number of nitrogens with zero attached hydrogens (tertiary/aromatic N) is 1. The molecular formula is C15H17NO3. The van der Waals surface area contributed by atoms with E-state index in [4.69, 9.17) is 14.9 Å². The molecule has 0 atom stereocenters. The lowest BCUT2D eigenvalue weighted by Crippen LogP contribution is -1.94. The summed E-state index contributed by atoms with van der Waals surface area (Å²) >= 11 is 0. The zero-order chi connectivity index (χ0) is 13.7. The van der Waals surface area contributed by atoms with Gasteiger partial charge in [-0.15, -0.1) is 0 Å². The molecule has 1 aromatic carbocycles. The number of ether oxygens (including phenoxy) is 1. The first-order valence-electron chi connectivity index (χ1n) is 6.17. The Kier molecular flexibility index (Phi) is 4.49. The summed E-state index contributed by atoms with van der Waals surface area (Å²) in [7, 11) is 0. The van der Waals surface area contributed by atoms with E-state index in [1.807, 2.05) is 37.3 Å². The zero-order valence-electron chi connectivity index (χ0n) is 10.8. The van der Waals surface area contributed by atoms with Gasteiger partial charge in [0.15, 0.2) is 0 Å². The van der Waals surface area contributed by atoms with Crippen LogP contribution in [0, 0.1) is 6.92 Å². The van der Waals surface area contributed by atoms with Crippen LogP contribution in [0.3, 0.4) is 0 Å². The van der Waals surface area contributed by atoms with Crippen LogP contribution in [0.15, 0.2) is 36.4 Å². The fourth-order valence-corrected chi connectivity index (χ4v) is 1.82. The Morgan fingerprint density at radius 1 is 1.05 bits per heavy atom. The van der Waals surface area contributed by atoms with Crippen molar-refractivity contribution >= 4 is 0 Å². The summed E-state index contributed by atoms with van der Waals surface area (Å²) in [6.07, 6.45) is 0.637. The molecule has 0 amide bonds. The maximum Gasteiger partial charge on any atom is 0.219 e. The van der Waals surface area contributed by atoms with Crippen LogP contribution in [0.1, 0.15) is 16.8 Å². The van der Waals surface area contributed by atoms with Crippen LogP contribution in [0.4, 0.5) is 0 Å². The highest BCUT2D eigenvalue weighted by atomic mass is 16.5. The Balaban J connectivity index is 2.14. The third-order valence-electron chi connectivity index (χ3n) is 2.72. The third kappa shape index (κ3) is 3.77. The minimum Gasteiger partial charge on any atom is -0.439 e. The lowest BCUT2D eigenvalue weighted by atomic mass is 10.1. The van der Waals surface area contributed by atoms with E-state index < -0.39 is 0 Å². The van der Waals surface area contributed by atoms with Gasteiger partial charge in [0.05, 0.1) is 6.61 Å². The van der Waals surface area contributed by atoms with E-state index in [-0.39, 0.29) is 13.2 Å². The monoisotopic (exact) mass is 259 g/mol. The second-order valence-corrected chi connectivity index (χ2v) is 4.33. The minimum atomic E-state index is -0.0326. The van der Waals surface area contributed by atoms with Gasteiger partial charge in [-0.1, -0.05) is 12.1 Å². The Bertz CT molecular complexity index is 538. The number of aliphatic hydroxyl groups is 2. The molecule has 2 rings (SSSR count). The Morgan fingerprint density at radius 2 is 1.79 bits per heavy atom. The molecule has 0 spiro atoms. The molecule has 0 fully saturated rings. The predicted octanol–water partition coefficient (Wildman–Crippen LogP) is 2.21. The molecule has 100 valence electrons. The van der Waals surface area contributed by atoms with Crippen LogP contribution < -0.4 is 4.74 Å². The van der Waals surface area contributed by atoms with Crippen LogP contribution in [0.5, 0.6) is 11.6 Å². The van der Waals surface area contributed by atoms with E-state index in [1.54, 1.807) is 6.07 Å². The molecule has 19 heavy (non-hydrogen) atoms. The number of aryl methyl sites for hydroxylation is 1. The van der Waals surface area contributed by atoms with E-state index in [9.17, 15) is 0 Å². The maximum atomic E-state index is 9.14. The van der Waals surface area contributed by atoms with Crippen LogP contribution in [-0.2, 0) is 13.0 Å². The first-order valence-corrected chi connectivity index (χ1v) is 6.17. The lowest BCUT2D eigenvalue weighted by molar-refractivity contribution is 0.281. The van der Waals surface area contributed by atoms with Gasteiger partial charge in [-0.3, -0.25) is 0 Å². The van der Waals surface area contributed by atoms with Gasteiger partial charge in [-0.05, 0) is 42.7 Å². The Labute approximate surface area is 112 Å². The molecule has 0 aliphatic heterocycles. The molecule has 0 aliphatic rings. The van der Waals surface area contributed by atoms with Crippen molar-refractivity contribution in [1.82, 2.24) is 4.98 Å². The average Bonchev–Trinajstić information content (AvgIpc) is 2.40. The fourth-order valence-electron chi connectivity index (χ4n) is 1.82. The fraction of sp³-hybridized carbons (Fsp3) is 0.267. The Hall–Kier alpha value is -1.91. The van der Waals surface area contributed by atoms with Gasteiger partial charge in [-0.2, -0.15) is 0 Å². The first-order chi connectivity index (χ1) is 9.21. The van der Waals surface area contributed by atoms with Crippen molar-refractivity contribution in [2.24, 2.45) is 0 Å². The Morgan fingerprint density at radius 3 is 2.42 bits per heavy atom. The summed E-state index contributed by atoms with van der Waals surface area (Å²) in [4.78, 5) is 4.26. The quantitative estimate of drug-likeness (QED) is 0.864. The number of hydrogen-bond donors (Lipinski definition) is 2. The van der Waals surface area contributed by atoms with Crippen molar-refractivity contribution in [2.75, 3.05) is 6.61 Å². The van der Waals surface area contributed by atoms with Crippen LogP contribution >= 0.6 is 0 Å². The molecule has 4 nitrogen and oxygen atoms in total. The highest BCUT2D eigenvalue weighted by Crippen LogP contribution is 2.21. The van der Waals surface area contributed by atoms with E-state index in [0.29, 0.717) is 18.1 Å². The molecule has 0 radical (unpaired) electrons. The molecule has 0 unspecified atom stereocenters. The number of pyridine rings is 1. The SMILES string of the molecule is Cc1cc(CO)cc(Oc2ccc(CCO)cc2)n1. The number of aliphatic hydroxyl groups excluding tert-OH is 2. The van der Waals surface area contributed by atoms with Gasteiger partial charge in [0.25, 0.3) is 0 Å². The molecule has 1 heterocycles. The molecular weight excluding hydrogens is 242 g/mol. The summed E-state index contributed by atoms with van der Waals surface area (Å²) in [6, 6.07) is 11.0. The van der Waals surface area contributed by atoms with Gasteiger partial charge < -0.3 is 14.9 Å². The smallest absolute Gasteiger partial charge is 0.219 e. The molecule has 2 N–H and O–H groups in total. The average molecular weight is 259 g/mol. The number of aromatic nitrogens is 1. The van der Waals surface area contributed by atoms with Crippen molar-refractivity contribution in [2.45, 2.75) is 20.0 Å². The minimum absolute atomic E-state index is 0.0326. The third-order valence-corrected chi connectivity index (χ3v) is 2.72. The van der Waals surface area contributed by atoms with Gasteiger partial charge in [0.2, 0.25) is 5.88 Å². The van der Waals surface area contributed by atoms with Crippen molar-refractivity contribution in [3.05, 3.63) is 53.2 Å². The molecule has 1 aromatic heterocycles. The molecule has 0 saturated carbocycles. The molecule has 4 heteroatoms. The van der Waals surface area contributed by atoms with E-state index in [1.165, 1.54) is 0 Å². The zero-order valence-corrected chi connectivity index (χ0v) is 10.8. The predicted molar refractivity (Wildman–Crippen MR) is 72.2 cm³/mol. The topological polar surface area (TPSA) is 62.6 Å². The number of rotatable bonds is 5. The highest BCUT2D eigenvalue weighted by Gasteiger charge is 2.03. The summed E-state index contributed by atoms with van der Waals surface area (Å²) in [5, 5.41) is 18.0. The second kappa shape index (κ2) is 6.31. The largest absolute Gasteiger partial charge is 0.439 e. The first kappa shape index (κ1) is 13.5. The lowest BCUT2D eigenvalue weighted by Gasteiger charge is -2.08. The van der Waals surface area contributed by atoms with E-state index in [2.05, 4.69) is 4.98 Å². The van der Waals surface area contributed by atoms with Crippen LogP contribution in [-0.4, -0.2) is 21.8 Å². The van der Waals surface area contributed by atoms with Gasteiger partial charge in [-0.25, -0.2) is 4.98 Å². The highest BCUT2D eigenvalue weighted by molar-refractivity contribution is 5.32. The van der Waals surface area contributed by atoms with Crippen LogP contribution in [0.2, 0.25) is 0 Å². The second-order valence-electron chi connectivity index (χ2n) is 4.33. The van der Waals surface area contributed by atoms with Crippen LogP contribution in [0.25, 0.3) is 0 Å². The maximum absolute atomic E-state index is 9.14. The van der Waals surface area contributed by atoms with E-state index >= 15 is 0 Å². The van der Waals surface area contributed by atoms with Crippen molar-refractivity contribution in [1.29, 1.82) is 0 Å². The van der Waals surface area contributed by atoms with E-state index in [0.717, 1.165) is 16.8 Å². The van der Waals surface area contributed by atoms with Gasteiger partial charge >= 0.3 is 0 Å². The van der Waals surface area contributed by atoms with Gasteiger partial charge in [0.1, 0.15) is 5.75 Å². The summed E-state index contributed by atoms with van der Waals surface area (Å²) in [5.41, 5.74) is 2.64. The molecule has 2 aromatic rings. The summed E-state index contributed by atoms with van der Waals surface area (Å²) in [6.45, 7) is 1.96.